The van der Waals surface area contributed by atoms with Crippen molar-refractivity contribution in [3.63, 3.8) is 0 Å². The number of halogens is 2. The van der Waals surface area contributed by atoms with Crippen molar-refractivity contribution in [3.8, 4) is 45.3 Å². The number of benzene rings is 2. The van der Waals surface area contributed by atoms with Crippen LogP contribution in [0, 0.1) is 0 Å². The van der Waals surface area contributed by atoms with E-state index in [9.17, 15) is 9.90 Å². The normalized spacial score (nSPS) is 18.3. The summed E-state index contributed by atoms with van der Waals surface area (Å²) in [6.45, 7) is 3.83. The van der Waals surface area contributed by atoms with E-state index >= 15 is 0 Å². The number of nitrogens with one attached hydrogen (secondary N) is 2. The van der Waals surface area contributed by atoms with Crippen LogP contribution in [0.5, 0.6) is 11.6 Å². The first-order valence-electron chi connectivity index (χ1n) is 17.4. The van der Waals surface area contributed by atoms with Crippen LogP contribution in [0.25, 0.3) is 33.6 Å². The minimum absolute atomic E-state index is 0.103. The molecule has 11 heteroatoms. The van der Waals surface area contributed by atoms with Crippen LogP contribution in [0.4, 0.5) is 0 Å². The molecule has 0 bridgehead atoms. The van der Waals surface area contributed by atoms with Gasteiger partial charge in [-0.15, -0.1) is 0 Å². The first-order chi connectivity index (χ1) is 24.2. The maximum absolute atomic E-state index is 11.5. The van der Waals surface area contributed by atoms with Crippen LogP contribution >= 0.6 is 23.2 Å². The lowest BCUT2D eigenvalue weighted by molar-refractivity contribution is -0.119. The summed E-state index contributed by atoms with van der Waals surface area (Å²) in [6, 6.07) is 16.0. The number of carbonyl (C=O) groups is 1. The zero-order chi connectivity index (χ0) is 34.8. The van der Waals surface area contributed by atoms with E-state index in [2.05, 4.69) is 21.6 Å². The van der Waals surface area contributed by atoms with Crippen LogP contribution in [-0.2, 0) is 24.3 Å². The van der Waals surface area contributed by atoms with Crippen LogP contribution in [0.15, 0.2) is 54.7 Å². The van der Waals surface area contributed by atoms with Crippen molar-refractivity contribution < 1.29 is 19.4 Å². The van der Waals surface area contributed by atoms with Crippen LogP contribution in [0.2, 0.25) is 10.0 Å². The summed E-state index contributed by atoms with van der Waals surface area (Å²) in [5.74, 6) is 1.43. The Labute approximate surface area is 303 Å². The minimum Gasteiger partial charge on any atom is -0.496 e. The highest BCUT2D eigenvalue weighted by Crippen LogP contribution is 2.43. The number of hydrogen-bond donors (Lipinski definition) is 3. The Kier molecular flexibility index (Phi) is 10.3. The summed E-state index contributed by atoms with van der Waals surface area (Å²) in [6.07, 6.45) is 7.82. The summed E-state index contributed by atoms with van der Waals surface area (Å²) in [4.78, 5) is 23.5. The van der Waals surface area contributed by atoms with Crippen molar-refractivity contribution in [2.75, 3.05) is 33.9 Å². The molecule has 4 aromatic rings. The van der Waals surface area contributed by atoms with E-state index in [0.717, 1.165) is 91.7 Å². The molecule has 50 heavy (non-hydrogen) atoms. The zero-order valence-corrected chi connectivity index (χ0v) is 30.0. The van der Waals surface area contributed by atoms with E-state index in [1.807, 2.05) is 42.5 Å². The summed E-state index contributed by atoms with van der Waals surface area (Å²) >= 11 is 14.3. The average Bonchev–Trinajstić information content (AvgIpc) is 3.54. The highest BCUT2D eigenvalue weighted by molar-refractivity contribution is 6.39. The second-order valence-electron chi connectivity index (χ2n) is 13.7. The highest BCUT2D eigenvalue weighted by Gasteiger charge is 2.35. The van der Waals surface area contributed by atoms with E-state index in [0.29, 0.717) is 46.8 Å². The average molecular weight is 717 g/mol. The molecule has 2 aromatic heterocycles. The van der Waals surface area contributed by atoms with Gasteiger partial charge in [-0.3, -0.25) is 14.7 Å². The molecule has 3 aliphatic rings. The van der Waals surface area contributed by atoms with Gasteiger partial charge in [-0.05, 0) is 68.4 Å². The number of ether oxygens (including phenoxy) is 2. The van der Waals surface area contributed by atoms with Crippen molar-refractivity contribution in [3.05, 3.63) is 81.5 Å². The molecule has 2 fully saturated rings. The Balaban J connectivity index is 1.12. The SMILES string of the molecule is COc1cc(-c2nccc(-c3cccc(-c4ccc(CNC[C@@H]5CCC(=O)N5)c(OC)n4)c3Cl)c2Cl)cc2c1CN(CCC1(O)CCC1)CC2. The zero-order valence-electron chi connectivity index (χ0n) is 28.5. The van der Waals surface area contributed by atoms with E-state index < -0.39 is 5.60 Å². The van der Waals surface area contributed by atoms with Gasteiger partial charge in [0.15, 0.2) is 0 Å². The van der Waals surface area contributed by atoms with Gasteiger partial charge in [-0.25, -0.2) is 4.98 Å². The third-order valence-electron chi connectivity index (χ3n) is 10.4. The minimum atomic E-state index is -0.479. The lowest BCUT2D eigenvalue weighted by Crippen LogP contribution is -2.41. The molecule has 0 radical (unpaired) electrons. The Bertz CT molecular complexity index is 1880. The molecule has 1 atom stereocenters. The van der Waals surface area contributed by atoms with Crippen molar-refractivity contribution in [2.45, 2.75) is 69.7 Å². The molecule has 262 valence electrons. The standard InChI is InChI=1S/C39H43Cl2N5O4/c1-49-33-20-26(19-24-12-17-46(23-31(24)33)18-15-39(48)13-4-14-39)37-36(41)29(11-16-43-37)28-5-3-6-30(35(28)40)32-9-7-25(38(45-32)50-2)21-42-22-27-8-10-34(47)44-27/h3,5-7,9,11,16,19-20,27,42,48H,4,8,10,12-15,17-18,21-23H2,1-2H3,(H,44,47)/t27-/m0/s1. The van der Waals surface area contributed by atoms with Gasteiger partial charge >= 0.3 is 0 Å². The van der Waals surface area contributed by atoms with Gasteiger partial charge in [0, 0.05) is 84.8 Å². The predicted octanol–water partition coefficient (Wildman–Crippen LogP) is 6.83. The molecule has 1 saturated carbocycles. The Morgan fingerprint density at radius 3 is 2.60 bits per heavy atom. The fourth-order valence-electron chi connectivity index (χ4n) is 7.33. The van der Waals surface area contributed by atoms with Gasteiger partial charge in [0.25, 0.3) is 0 Å². The van der Waals surface area contributed by atoms with Gasteiger partial charge in [0.2, 0.25) is 11.8 Å². The molecular weight excluding hydrogens is 673 g/mol. The monoisotopic (exact) mass is 715 g/mol. The van der Waals surface area contributed by atoms with Gasteiger partial charge in [-0.1, -0.05) is 47.5 Å². The molecule has 0 unspecified atom stereocenters. The van der Waals surface area contributed by atoms with Crippen molar-refractivity contribution in [2.24, 2.45) is 0 Å². The fourth-order valence-corrected chi connectivity index (χ4v) is 7.98. The van der Waals surface area contributed by atoms with Crippen molar-refractivity contribution in [1.29, 1.82) is 0 Å². The van der Waals surface area contributed by atoms with E-state index in [1.165, 1.54) is 11.1 Å². The molecule has 2 aliphatic heterocycles. The fraction of sp³-hybridized carbons (Fsp3) is 0.410. The summed E-state index contributed by atoms with van der Waals surface area (Å²) < 4.78 is 11.6. The topological polar surface area (TPSA) is 109 Å². The quantitative estimate of drug-likeness (QED) is 0.147. The maximum Gasteiger partial charge on any atom is 0.220 e. The molecule has 3 N–H and O–H groups in total. The van der Waals surface area contributed by atoms with Gasteiger partial charge < -0.3 is 25.2 Å². The molecule has 0 spiro atoms. The number of amides is 1. The predicted molar refractivity (Wildman–Crippen MR) is 197 cm³/mol. The molecule has 2 aromatic carbocycles. The molecule has 1 amide bonds. The number of hydrogen-bond acceptors (Lipinski definition) is 8. The number of nitrogens with zero attached hydrogens (tertiary/aromatic N) is 3. The summed E-state index contributed by atoms with van der Waals surface area (Å²) in [5, 5.41) is 18.0. The summed E-state index contributed by atoms with van der Waals surface area (Å²) in [5.41, 5.74) is 7.38. The van der Waals surface area contributed by atoms with Crippen LogP contribution in [-0.4, -0.2) is 71.4 Å². The lowest BCUT2D eigenvalue weighted by atomic mass is 9.78. The molecule has 1 saturated heterocycles. The lowest BCUT2D eigenvalue weighted by Gasteiger charge is -2.39. The van der Waals surface area contributed by atoms with E-state index in [4.69, 9.17) is 42.6 Å². The number of pyridine rings is 2. The van der Waals surface area contributed by atoms with E-state index in [1.54, 1.807) is 20.4 Å². The molecule has 7 rings (SSSR count). The van der Waals surface area contributed by atoms with Crippen LogP contribution < -0.4 is 20.1 Å². The molecular formula is C39H43Cl2N5O4. The van der Waals surface area contributed by atoms with Crippen molar-refractivity contribution >= 4 is 29.1 Å². The maximum atomic E-state index is 11.5. The van der Waals surface area contributed by atoms with Crippen LogP contribution in [0.3, 0.4) is 0 Å². The largest absolute Gasteiger partial charge is 0.496 e. The first kappa shape index (κ1) is 34.7. The summed E-state index contributed by atoms with van der Waals surface area (Å²) in [7, 11) is 3.31. The number of fused-ring (bicyclic) bond motifs is 1. The number of rotatable bonds is 12. The Morgan fingerprint density at radius 1 is 1.04 bits per heavy atom. The molecule has 9 nitrogen and oxygen atoms in total. The second-order valence-corrected chi connectivity index (χ2v) is 14.4. The molecule has 4 heterocycles. The van der Waals surface area contributed by atoms with Crippen LogP contribution in [0.1, 0.15) is 55.2 Å². The number of aromatic nitrogens is 2. The smallest absolute Gasteiger partial charge is 0.220 e. The highest BCUT2D eigenvalue weighted by atomic mass is 35.5. The number of carbonyl (C=O) groups excluding carboxylic acids is 1. The third kappa shape index (κ3) is 7.20. The van der Waals surface area contributed by atoms with Gasteiger partial charge in [-0.2, -0.15) is 0 Å². The van der Waals surface area contributed by atoms with Gasteiger partial charge in [0.1, 0.15) is 5.75 Å². The Hall–Kier alpha value is -3.73. The first-order valence-corrected chi connectivity index (χ1v) is 18.1. The Morgan fingerprint density at radius 2 is 1.86 bits per heavy atom. The number of methoxy groups -OCH3 is 2. The second kappa shape index (κ2) is 14.9. The third-order valence-corrected chi connectivity index (χ3v) is 11.2. The number of aliphatic hydroxyl groups is 1. The van der Waals surface area contributed by atoms with Crippen molar-refractivity contribution in [1.82, 2.24) is 25.5 Å². The van der Waals surface area contributed by atoms with Gasteiger partial charge in [0.05, 0.1) is 41.3 Å². The molecule has 1 aliphatic carbocycles. The van der Waals surface area contributed by atoms with E-state index in [-0.39, 0.29) is 11.9 Å².